The van der Waals surface area contributed by atoms with Gasteiger partial charge in [0, 0.05) is 19.1 Å². The van der Waals surface area contributed by atoms with E-state index in [1.807, 2.05) is 0 Å². The zero-order valence-corrected chi connectivity index (χ0v) is 11.2. The summed E-state index contributed by atoms with van der Waals surface area (Å²) in [7, 11) is 1.34. The molecule has 20 heavy (non-hydrogen) atoms. The predicted molar refractivity (Wildman–Crippen MR) is 70.6 cm³/mol. The molecule has 1 aliphatic rings. The van der Waals surface area contributed by atoms with Crippen molar-refractivity contribution in [2.45, 2.75) is 18.9 Å². The van der Waals surface area contributed by atoms with Gasteiger partial charge >= 0.3 is 6.09 Å². The predicted octanol–water partition coefficient (Wildman–Crippen LogP) is 0.788. The zero-order valence-electron chi connectivity index (χ0n) is 11.2. The van der Waals surface area contributed by atoms with Crippen LogP contribution in [0.5, 0.6) is 0 Å². The fourth-order valence-corrected chi connectivity index (χ4v) is 2.27. The molecule has 1 aromatic rings. The summed E-state index contributed by atoms with van der Waals surface area (Å²) in [4.78, 5) is 38.3. The van der Waals surface area contributed by atoms with Crippen molar-refractivity contribution in [2.75, 3.05) is 20.2 Å². The first kappa shape index (κ1) is 14.1. The number of amides is 2. The van der Waals surface area contributed by atoms with Gasteiger partial charge in [-0.15, -0.1) is 0 Å². The molecule has 0 radical (unpaired) electrons. The lowest BCUT2D eigenvalue weighted by Gasteiger charge is -2.31. The molecule has 2 heterocycles. The lowest BCUT2D eigenvalue weighted by atomic mass is 10.1. The minimum absolute atomic E-state index is 0.113. The second kappa shape index (κ2) is 6.23. The Hall–Kier alpha value is -2.31. The molecule has 2 amide bonds. The molecular weight excluding hydrogens is 262 g/mol. The van der Waals surface area contributed by atoms with Gasteiger partial charge in [-0.3, -0.25) is 9.59 Å². The number of aromatic amines is 1. The SMILES string of the molecule is COC(=O)N1CCC[C@H](NC(=O)c2ccc(C=O)[nH]2)C1. The van der Waals surface area contributed by atoms with Gasteiger partial charge in [-0.25, -0.2) is 4.79 Å². The molecule has 0 aromatic carbocycles. The van der Waals surface area contributed by atoms with Crippen LogP contribution < -0.4 is 5.32 Å². The number of nitrogens with zero attached hydrogens (tertiary/aromatic N) is 1. The molecular formula is C13H17N3O4. The molecule has 1 fully saturated rings. The average Bonchev–Trinajstić information content (AvgIpc) is 2.95. The largest absolute Gasteiger partial charge is 0.453 e. The van der Waals surface area contributed by atoms with E-state index in [1.165, 1.54) is 7.11 Å². The highest BCUT2D eigenvalue weighted by molar-refractivity contribution is 5.93. The van der Waals surface area contributed by atoms with Crippen LogP contribution in [0.25, 0.3) is 0 Å². The van der Waals surface area contributed by atoms with Gasteiger partial charge in [-0.2, -0.15) is 0 Å². The highest BCUT2D eigenvalue weighted by atomic mass is 16.5. The summed E-state index contributed by atoms with van der Waals surface area (Å²) < 4.78 is 4.67. The van der Waals surface area contributed by atoms with Crippen LogP contribution in [0.3, 0.4) is 0 Å². The van der Waals surface area contributed by atoms with Crippen LogP contribution in [0.4, 0.5) is 4.79 Å². The first-order valence-electron chi connectivity index (χ1n) is 6.42. The van der Waals surface area contributed by atoms with Crippen molar-refractivity contribution in [3.63, 3.8) is 0 Å². The highest BCUT2D eigenvalue weighted by Crippen LogP contribution is 2.12. The van der Waals surface area contributed by atoms with E-state index < -0.39 is 0 Å². The fraction of sp³-hybridized carbons (Fsp3) is 0.462. The van der Waals surface area contributed by atoms with E-state index in [2.05, 4.69) is 15.0 Å². The quantitative estimate of drug-likeness (QED) is 0.800. The maximum Gasteiger partial charge on any atom is 0.409 e. The first-order chi connectivity index (χ1) is 9.63. The van der Waals surface area contributed by atoms with Crippen LogP contribution in [0.15, 0.2) is 12.1 Å². The minimum Gasteiger partial charge on any atom is -0.453 e. The first-order valence-corrected chi connectivity index (χ1v) is 6.42. The van der Waals surface area contributed by atoms with Crippen molar-refractivity contribution >= 4 is 18.3 Å². The van der Waals surface area contributed by atoms with E-state index in [9.17, 15) is 14.4 Å². The summed E-state index contributed by atoms with van der Waals surface area (Å²) in [6.45, 7) is 1.07. The molecule has 0 spiro atoms. The van der Waals surface area contributed by atoms with Gasteiger partial charge in [0.25, 0.3) is 5.91 Å². The van der Waals surface area contributed by atoms with Crippen molar-refractivity contribution < 1.29 is 19.1 Å². The standard InChI is InChI=1S/C13H17N3O4/c1-20-13(19)16-6-2-3-9(7-16)15-12(18)11-5-4-10(8-17)14-11/h4-5,8-9,14H,2-3,6-7H2,1H3,(H,15,18)/t9-/m0/s1. The van der Waals surface area contributed by atoms with Gasteiger partial charge in [-0.05, 0) is 25.0 Å². The lowest BCUT2D eigenvalue weighted by molar-refractivity contribution is 0.0861. The topological polar surface area (TPSA) is 91.5 Å². The molecule has 1 atom stereocenters. The third-order valence-corrected chi connectivity index (χ3v) is 3.27. The molecule has 0 aliphatic carbocycles. The zero-order chi connectivity index (χ0) is 14.5. The number of ether oxygens (including phenoxy) is 1. The Balaban J connectivity index is 1.93. The smallest absolute Gasteiger partial charge is 0.409 e. The number of hydrogen-bond acceptors (Lipinski definition) is 4. The number of aromatic nitrogens is 1. The van der Waals surface area contributed by atoms with Crippen LogP contribution in [0, 0.1) is 0 Å². The van der Waals surface area contributed by atoms with Crippen LogP contribution in [0.2, 0.25) is 0 Å². The number of piperidine rings is 1. The molecule has 0 unspecified atom stereocenters. The maximum atomic E-state index is 12.0. The third kappa shape index (κ3) is 3.17. The van der Waals surface area contributed by atoms with Crippen molar-refractivity contribution in [1.82, 2.24) is 15.2 Å². The van der Waals surface area contributed by atoms with Gasteiger partial charge in [0.2, 0.25) is 0 Å². The highest BCUT2D eigenvalue weighted by Gasteiger charge is 2.25. The average molecular weight is 279 g/mol. The third-order valence-electron chi connectivity index (χ3n) is 3.27. The molecule has 0 bridgehead atoms. The molecule has 7 nitrogen and oxygen atoms in total. The lowest BCUT2D eigenvalue weighted by Crippen LogP contribution is -2.49. The summed E-state index contributed by atoms with van der Waals surface area (Å²) in [6.07, 6.45) is 1.88. The van der Waals surface area contributed by atoms with Gasteiger partial charge in [0.1, 0.15) is 5.69 Å². The van der Waals surface area contributed by atoms with Gasteiger partial charge in [0.15, 0.2) is 6.29 Å². The summed E-state index contributed by atoms with van der Waals surface area (Å²) >= 11 is 0. The second-order valence-corrected chi connectivity index (χ2v) is 4.67. The number of methoxy groups -OCH3 is 1. The maximum absolute atomic E-state index is 12.0. The number of likely N-dealkylation sites (tertiary alicyclic amines) is 1. The Kier molecular flexibility index (Phi) is 4.39. The number of carbonyl (C=O) groups is 3. The van der Waals surface area contributed by atoms with Crippen molar-refractivity contribution in [2.24, 2.45) is 0 Å². The number of hydrogen-bond donors (Lipinski definition) is 2. The Morgan fingerprint density at radius 1 is 1.50 bits per heavy atom. The number of aldehydes is 1. The van der Waals surface area contributed by atoms with E-state index in [0.29, 0.717) is 30.8 Å². The van der Waals surface area contributed by atoms with E-state index in [4.69, 9.17) is 0 Å². The summed E-state index contributed by atoms with van der Waals surface area (Å²) in [5.41, 5.74) is 0.692. The second-order valence-electron chi connectivity index (χ2n) is 4.67. The molecule has 7 heteroatoms. The van der Waals surface area contributed by atoms with Gasteiger partial charge in [-0.1, -0.05) is 0 Å². The molecule has 2 N–H and O–H groups in total. The fourth-order valence-electron chi connectivity index (χ4n) is 2.27. The van der Waals surface area contributed by atoms with E-state index in [1.54, 1.807) is 17.0 Å². The Bertz CT molecular complexity index is 511. The summed E-state index contributed by atoms with van der Waals surface area (Å²) in [6, 6.07) is 2.99. The van der Waals surface area contributed by atoms with E-state index in [-0.39, 0.29) is 18.0 Å². The van der Waals surface area contributed by atoms with Crippen molar-refractivity contribution in [3.05, 3.63) is 23.5 Å². The number of nitrogens with one attached hydrogen (secondary N) is 2. The van der Waals surface area contributed by atoms with E-state index in [0.717, 1.165) is 12.8 Å². The van der Waals surface area contributed by atoms with Crippen molar-refractivity contribution in [3.8, 4) is 0 Å². The van der Waals surface area contributed by atoms with Crippen LogP contribution in [0.1, 0.15) is 33.8 Å². The molecule has 1 aromatic heterocycles. The number of carbonyl (C=O) groups excluding carboxylic acids is 3. The van der Waals surface area contributed by atoms with Gasteiger partial charge in [0.05, 0.1) is 12.8 Å². The minimum atomic E-state index is -0.382. The molecule has 2 rings (SSSR count). The normalized spacial score (nSPS) is 18.4. The van der Waals surface area contributed by atoms with Crippen molar-refractivity contribution in [1.29, 1.82) is 0 Å². The van der Waals surface area contributed by atoms with Gasteiger partial charge < -0.3 is 19.9 Å². The monoisotopic (exact) mass is 279 g/mol. The number of rotatable bonds is 3. The molecule has 0 saturated carbocycles. The van der Waals surface area contributed by atoms with Crippen LogP contribution in [-0.2, 0) is 4.74 Å². The van der Waals surface area contributed by atoms with Crippen LogP contribution >= 0.6 is 0 Å². The Labute approximate surface area is 116 Å². The number of H-pyrrole nitrogens is 1. The molecule has 1 aliphatic heterocycles. The molecule has 1 saturated heterocycles. The van der Waals surface area contributed by atoms with E-state index >= 15 is 0 Å². The Morgan fingerprint density at radius 2 is 2.30 bits per heavy atom. The summed E-state index contributed by atoms with van der Waals surface area (Å²) in [5.74, 6) is -0.283. The molecule has 108 valence electrons. The Morgan fingerprint density at radius 3 is 2.95 bits per heavy atom. The van der Waals surface area contributed by atoms with Crippen LogP contribution in [-0.4, -0.2) is 54.4 Å². The summed E-state index contributed by atoms with van der Waals surface area (Å²) in [5, 5.41) is 2.85.